The van der Waals surface area contributed by atoms with Crippen molar-refractivity contribution in [2.75, 3.05) is 0 Å². The maximum absolute atomic E-state index is 10.8. The van der Waals surface area contributed by atoms with E-state index in [1.807, 2.05) is 0 Å². The molecule has 0 aliphatic rings. The van der Waals surface area contributed by atoms with Crippen LogP contribution >= 0.6 is 0 Å². The number of hydrogen-bond donors (Lipinski definition) is 2. The number of rotatable bonds is 3. The maximum atomic E-state index is 10.8. The van der Waals surface area contributed by atoms with E-state index in [1.165, 1.54) is 29.2 Å². The maximum Gasteiger partial charge on any atom is 0.298 e. The first-order valence-corrected chi connectivity index (χ1v) is 4.75. The van der Waals surface area contributed by atoms with Crippen LogP contribution in [0.5, 0.6) is 0 Å². The lowest BCUT2D eigenvalue weighted by Crippen LogP contribution is -2.18. The van der Waals surface area contributed by atoms with Gasteiger partial charge in [-0.1, -0.05) is 5.16 Å². The molecule has 3 N–H and O–H groups in total. The Labute approximate surface area is 100 Å². The van der Waals surface area contributed by atoms with Gasteiger partial charge in [0.05, 0.1) is 4.92 Å². The molecular weight excluding hydrogens is 240 g/mol. The van der Waals surface area contributed by atoms with Crippen molar-refractivity contribution in [3.8, 4) is 5.82 Å². The minimum Gasteiger partial charge on any atom is -0.409 e. The SMILES string of the molecule is N/C(=N/O)c1nc(-n2ccnc2)ccc1[N+](=O)[O-]. The van der Waals surface area contributed by atoms with E-state index in [1.54, 1.807) is 6.20 Å². The predicted octanol–water partition coefficient (Wildman–Crippen LogP) is 0.270. The number of pyridine rings is 1. The highest BCUT2D eigenvalue weighted by molar-refractivity contribution is 5.98. The number of amidine groups is 1. The Balaban J connectivity index is 2.59. The van der Waals surface area contributed by atoms with E-state index in [2.05, 4.69) is 15.1 Å². The van der Waals surface area contributed by atoms with Crippen molar-refractivity contribution in [1.29, 1.82) is 0 Å². The Kier molecular flexibility index (Phi) is 2.87. The summed E-state index contributed by atoms with van der Waals surface area (Å²) >= 11 is 0. The summed E-state index contributed by atoms with van der Waals surface area (Å²) in [5.41, 5.74) is 4.82. The molecule has 0 atom stereocenters. The molecule has 2 aromatic heterocycles. The van der Waals surface area contributed by atoms with Crippen LogP contribution in [-0.4, -0.2) is 30.5 Å². The molecule has 0 aliphatic carbocycles. The van der Waals surface area contributed by atoms with Gasteiger partial charge in [0.2, 0.25) is 0 Å². The molecule has 2 rings (SSSR count). The topological polar surface area (TPSA) is 132 Å². The number of imidazole rings is 1. The van der Waals surface area contributed by atoms with Gasteiger partial charge in [-0.25, -0.2) is 9.97 Å². The third-order valence-corrected chi connectivity index (χ3v) is 2.18. The molecule has 0 unspecified atom stereocenters. The zero-order valence-electron chi connectivity index (χ0n) is 8.96. The van der Waals surface area contributed by atoms with E-state index in [0.29, 0.717) is 5.82 Å². The third kappa shape index (κ3) is 1.96. The molecular formula is C9H8N6O3. The summed E-state index contributed by atoms with van der Waals surface area (Å²) in [6, 6.07) is 2.67. The van der Waals surface area contributed by atoms with Crippen molar-refractivity contribution in [3.05, 3.63) is 46.7 Å². The summed E-state index contributed by atoms with van der Waals surface area (Å²) in [4.78, 5) is 17.9. The number of nitro groups is 1. The lowest BCUT2D eigenvalue weighted by Gasteiger charge is -2.04. The van der Waals surface area contributed by atoms with Crippen LogP contribution in [0.2, 0.25) is 0 Å². The fourth-order valence-corrected chi connectivity index (χ4v) is 1.36. The van der Waals surface area contributed by atoms with Crippen LogP contribution < -0.4 is 5.73 Å². The van der Waals surface area contributed by atoms with Gasteiger partial charge in [-0.3, -0.25) is 14.7 Å². The highest BCUT2D eigenvalue weighted by Crippen LogP contribution is 2.18. The third-order valence-electron chi connectivity index (χ3n) is 2.18. The number of aromatic nitrogens is 3. The fraction of sp³-hybridized carbons (Fsp3) is 0. The van der Waals surface area contributed by atoms with Gasteiger partial charge in [-0.2, -0.15) is 0 Å². The molecule has 9 heteroatoms. The van der Waals surface area contributed by atoms with Crippen molar-refractivity contribution in [2.45, 2.75) is 0 Å². The summed E-state index contributed by atoms with van der Waals surface area (Å²) < 4.78 is 1.54. The minimum absolute atomic E-state index is 0.200. The number of nitrogens with two attached hydrogens (primary N) is 1. The van der Waals surface area contributed by atoms with Crippen molar-refractivity contribution >= 4 is 11.5 Å². The molecule has 0 saturated heterocycles. The Morgan fingerprint density at radius 3 is 2.89 bits per heavy atom. The number of nitrogens with zero attached hydrogens (tertiary/aromatic N) is 5. The van der Waals surface area contributed by atoms with Crippen LogP contribution in [0.25, 0.3) is 5.82 Å². The van der Waals surface area contributed by atoms with Gasteiger partial charge in [0.15, 0.2) is 11.5 Å². The first-order valence-electron chi connectivity index (χ1n) is 4.75. The molecule has 9 nitrogen and oxygen atoms in total. The van der Waals surface area contributed by atoms with Gasteiger partial charge in [0.25, 0.3) is 5.69 Å². The van der Waals surface area contributed by atoms with Crippen LogP contribution in [0.1, 0.15) is 5.69 Å². The monoisotopic (exact) mass is 248 g/mol. The largest absolute Gasteiger partial charge is 0.409 e. The van der Waals surface area contributed by atoms with E-state index >= 15 is 0 Å². The van der Waals surface area contributed by atoms with Crippen molar-refractivity contribution in [3.63, 3.8) is 0 Å². The molecule has 18 heavy (non-hydrogen) atoms. The zero-order valence-corrected chi connectivity index (χ0v) is 8.96. The first kappa shape index (κ1) is 11.5. The van der Waals surface area contributed by atoms with Gasteiger partial charge in [-0.05, 0) is 6.07 Å². The average molecular weight is 248 g/mol. The molecule has 0 aliphatic heterocycles. The predicted molar refractivity (Wildman–Crippen MR) is 60.5 cm³/mol. The first-order chi connectivity index (χ1) is 8.63. The quantitative estimate of drug-likeness (QED) is 0.263. The van der Waals surface area contributed by atoms with E-state index in [4.69, 9.17) is 10.9 Å². The van der Waals surface area contributed by atoms with Crippen LogP contribution in [0.4, 0.5) is 5.69 Å². The normalized spacial score (nSPS) is 11.4. The summed E-state index contributed by atoms with van der Waals surface area (Å²) in [6.45, 7) is 0. The van der Waals surface area contributed by atoms with Crippen molar-refractivity contribution < 1.29 is 10.1 Å². The Bertz CT molecular complexity index is 607. The second-order valence-electron chi connectivity index (χ2n) is 3.25. The van der Waals surface area contributed by atoms with E-state index in [9.17, 15) is 10.1 Å². The molecule has 0 saturated carbocycles. The smallest absolute Gasteiger partial charge is 0.298 e. The second kappa shape index (κ2) is 4.49. The number of oxime groups is 1. The van der Waals surface area contributed by atoms with Crippen LogP contribution in [0.15, 0.2) is 36.0 Å². The molecule has 92 valence electrons. The Morgan fingerprint density at radius 2 is 2.33 bits per heavy atom. The van der Waals surface area contributed by atoms with Crippen LogP contribution in [0, 0.1) is 10.1 Å². The molecule has 0 spiro atoms. The van der Waals surface area contributed by atoms with Gasteiger partial charge in [0.1, 0.15) is 12.1 Å². The van der Waals surface area contributed by atoms with E-state index in [-0.39, 0.29) is 11.4 Å². The molecule has 2 heterocycles. The standard InChI is InChI=1S/C9H8N6O3/c10-9(13-16)8-6(15(17)18)1-2-7(12-8)14-4-3-11-5-14/h1-5,16H,(H2,10,13). The van der Waals surface area contributed by atoms with Gasteiger partial charge in [-0.15, -0.1) is 0 Å². The van der Waals surface area contributed by atoms with Crippen LogP contribution in [0.3, 0.4) is 0 Å². The lowest BCUT2D eigenvalue weighted by atomic mass is 10.2. The lowest BCUT2D eigenvalue weighted by molar-refractivity contribution is -0.385. The molecule has 0 aromatic carbocycles. The molecule has 0 fully saturated rings. The molecule has 0 radical (unpaired) electrons. The van der Waals surface area contributed by atoms with E-state index < -0.39 is 10.8 Å². The van der Waals surface area contributed by atoms with Crippen molar-refractivity contribution in [2.24, 2.45) is 10.9 Å². The van der Waals surface area contributed by atoms with Gasteiger partial charge in [0, 0.05) is 18.5 Å². The summed E-state index contributed by atoms with van der Waals surface area (Å²) in [7, 11) is 0. The molecule has 0 amide bonds. The minimum atomic E-state index is -0.655. The van der Waals surface area contributed by atoms with E-state index in [0.717, 1.165) is 0 Å². The summed E-state index contributed by atoms with van der Waals surface area (Å²) in [6.07, 6.45) is 4.63. The summed E-state index contributed by atoms with van der Waals surface area (Å²) in [5, 5.41) is 22.1. The highest BCUT2D eigenvalue weighted by atomic mass is 16.6. The summed E-state index contributed by atoms with van der Waals surface area (Å²) in [5.74, 6) is -0.0524. The van der Waals surface area contributed by atoms with Crippen LogP contribution in [-0.2, 0) is 0 Å². The Hall–Kier alpha value is -2.97. The zero-order chi connectivity index (χ0) is 13.1. The van der Waals surface area contributed by atoms with Crippen molar-refractivity contribution in [1.82, 2.24) is 14.5 Å². The average Bonchev–Trinajstić information content (AvgIpc) is 2.90. The molecule has 2 aromatic rings. The number of hydrogen-bond acceptors (Lipinski definition) is 6. The van der Waals surface area contributed by atoms with Gasteiger partial charge >= 0.3 is 0 Å². The molecule has 0 bridgehead atoms. The van der Waals surface area contributed by atoms with Gasteiger partial charge < -0.3 is 10.9 Å². The second-order valence-corrected chi connectivity index (χ2v) is 3.25. The fourth-order valence-electron chi connectivity index (χ4n) is 1.36. The highest BCUT2D eigenvalue weighted by Gasteiger charge is 2.20. The Morgan fingerprint density at radius 1 is 1.56 bits per heavy atom.